The fourth-order valence-corrected chi connectivity index (χ4v) is 2.69. The summed E-state index contributed by atoms with van der Waals surface area (Å²) in [5, 5.41) is 3.47. The number of aromatic nitrogens is 2. The summed E-state index contributed by atoms with van der Waals surface area (Å²) < 4.78 is 16.2. The summed E-state index contributed by atoms with van der Waals surface area (Å²) in [6, 6.07) is 5.10. The molecule has 2 aromatic rings. The third-order valence-electron chi connectivity index (χ3n) is 3.08. The predicted octanol–water partition coefficient (Wildman–Crippen LogP) is 3.61. The highest BCUT2D eigenvalue weighted by Gasteiger charge is 2.15. The van der Waals surface area contributed by atoms with Gasteiger partial charge in [-0.2, -0.15) is 0 Å². The maximum Gasteiger partial charge on any atom is 0.124 e. The van der Waals surface area contributed by atoms with Crippen molar-refractivity contribution >= 4 is 15.9 Å². The molecule has 0 saturated heterocycles. The summed E-state index contributed by atoms with van der Waals surface area (Å²) in [5.41, 5.74) is 1.94. The van der Waals surface area contributed by atoms with Crippen LogP contribution in [0.4, 0.5) is 4.39 Å². The lowest BCUT2D eigenvalue weighted by Crippen LogP contribution is -2.24. The van der Waals surface area contributed by atoms with E-state index in [2.05, 4.69) is 33.2 Å². The summed E-state index contributed by atoms with van der Waals surface area (Å²) in [7, 11) is 1.95. The maximum atomic E-state index is 13.5. The van der Waals surface area contributed by atoms with Gasteiger partial charge in [-0.1, -0.05) is 22.9 Å². The Bertz CT molecular complexity index is 548. The number of halogens is 2. The van der Waals surface area contributed by atoms with Crippen LogP contribution >= 0.6 is 15.9 Å². The van der Waals surface area contributed by atoms with E-state index in [9.17, 15) is 4.39 Å². The van der Waals surface area contributed by atoms with Gasteiger partial charge in [-0.05, 0) is 43.1 Å². The van der Waals surface area contributed by atoms with Crippen molar-refractivity contribution in [1.29, 1.82) is 0 Å². The fraction of sp³-hybridized carbons (Fsp3) is 0.400. The van der Waals surface area contributed by atoms with Crippen molar-refractivity contribution in [3.8, 4) is 0 Å². The lowest BCUT2D eigenvalue weighted by Gasteiger charge is -2.17. The minimum atomic E-state index is -0.218. The quantitative estimate of drug-likeness (QED) is 0.871. The highest BCUT2D eigenvalue weighted by Crippen LogP contribution is 2.21. The zero-order valence-electron chi connectivity index (χ0n) is 11.7. The molecule has 0 aliphatic rings. The predicted molar refractivity (Wildman–Crippen MR) is 82.0 cm³/mol. The summed E-state index contributed by atoms with van der Waals surface area (Å²) in [4.78, 5) is 4.41. The second-order valence-corrected chi connectivity index (χ2v) is 5.87. The van der Waals surface area contributed by atoms with Crippen molar-refractivity contribution in [3.05, 3.63) is 52.3 Å². The number of nitrogens with zero attached hydrogens (tertiary/aromatic N) is 2. The van der Waals surface area contributed by atoms with Crippen molar-refractivity contribution in [3.63, 3.8) is 0 Å². The first-order valence-electron chi connectivity index (χ1n) is 6.74. The van der Waals surface area contributed by atoms with Crippen LogP contribution in [0.25, 0.3) is 0 Å². The molecule has 20 heavy (non-hydrogen) atoms. The maximum absolute atomic E-state index is 13.5. The third kappa shape index (κ3) is 4.15. The Kier molecular flexibility index (Phi) is 5.31. The molecule has 0 radical (unpaired) electrons. The summed E-state index contributed by atoms with van der Waals surface area (Å²) in [6.07, 6.45) is 5.56. The Morgan fingerprint density at radius 2 is 2.20 bits per heavy atom. The smallest absolute Gasteiger partial charge is 0.124 e. The normalized spacial score (nSPS) is 12.6. The molecule has 1 aromatic carbocycles. The fourth-order valence-electron chi connectivity index (χ4n) is 2.18. The van der Waals surface area contributed by atoms with Crippen molar-refractivity contribution in [2.45, 2.75) is 25.8 Å². The van der Waals surface area contributed by atoms with Crippen LogP contribution in [0.1, 0.15) is 30.6 Å². The van der Waals surface area contributed by atoms with Crippen molar-refractivity contribution < 1.29 is 4.39 Å². The number of hydrogen-bond donors (Lipinski definition) is 1. The Morgan fingerprint density at radius 3 is 2.80 bits per heavy atom. The van der Waals surface area contributed by atoms with Gasteiger partial charge in [-0.25, -0.2) is 9.37 Å². The SMILES string of the molecule is CCCNC(Cc1cc(F)cc(Br)c1)c1cn(C)cn1. The summed E-state index contributed by atoms with van der Waals surface area (Å²) in [5.74, 6) is -0.218. The molecule has 1 N–H and O–H groups in total. The minimum absolute atomic E-state index is 0.102. The minimum Gasteiger partial charge on any atom is -0.340 e. The first-order valence-corrected chi connectivity index (χ1v) is 7.54. The van der Waals surface area contributed by atoms with Crippen molar-refractivity contribution in [2.75, 3.05) is 6.54 Å². The molecule has 0 bridgehead atoms. The lowest BCUT2D eigenvalue weighted by molar-refractivity contribution is 0.517. The molecule has 0 spiro atoms. The Hall–Kier alpha value is -1.20. The number of aryl methyl sites for hydroxylation is 1. The Labute approximate surface area is 127 Å². The monoisotopic (exact) mass is 339 g/mol. The molecule has 3 nitrogen and oxygen atoms in total. The third-order valence-corrected chi connectivity index (χ3v) is 3.54. The molecular formula is C15H19BrFN3. The van der Waals surface area contributed by atoms with E-state index < -0.39 is 0 Å². The van der Waals surface area contributed by atoms with Gasteiger partial charge in [0.15, 0.2) is 0 Å². The van der Waals surface area contributed by atoms with Crippen LogP contribution in [0.2, 0.25) is 0 Å². The van der Waals surface area contributed by atoms with Crippen LogP contribution in [-0.2, 0) is 13.5 Å². The number of rotatable bonds is 6. The van der Waals surface area contributed by atoms with E-state index in [-0.39, 0.29) is 11.9 Å². The first kappa shape index (κ1) is 15.2. The standard InChI is InChI=1S/C15H19BrFN3/c1-3-4-18-14(15-9-20(2)10-19-15)7-11-5-12(16)8-13(17)6-11/h5-6,8-10,14,18H,3-4,7H2,1-2H3. The van der Waals surface area contributed by atoms with Crippen LogP contribution in [0.5, 0.6) is 0 Å². The van der Waals surface area contributed by atoms with Crippen LogP contribution in [0.3, 0.4) is 0 Å². The molecule has 1 atom stereocenters. The molecular weight excluding hydrogens is 321 g/mol. The highest BCUT2D eigenvalue weighted by atomic mass is 79.9. The van der Waals surface area contributed by atoms with Gasteiger partial charge in [0.05, 0.1) is 18.1 Å². The number of benzene rings is 1. The average molecular weight is 340 g/mol. The van der Waals surface area contributed by atoms with Gasteiger partial charge in [-0.3, -0.25) is 0 Å². The number of hydrogen-bond acceptors (Lipinski definition) is 2. The van der Waals surface area contributed by atoms with Gasteiger partial charge in [0.25, 0.3) is 0 Å². The second kappa shape index (κ2) is 6.99. The molecule has 1 unspecified atom stereocenters. The summed E-state index contributed by atoms with van der Waals surface area (Å²) in [6.45, 7) is 3.04. The van der Waals surface area contributed by atoms with Crippen molar-refractivity contribution in [2.24, 2.45) is 7.05 Å². The first-order chi connectivity index (χ1) is 9.58. The van der Waals surface area contributed by atoms with E-state index in [0.717, 1.165) is 28.7 Å². The van der Waals surface area contributed by atoms with Gasteiger partial charge < -0.3 is 9.88 Å². The largest absolute Gasteiger partial charge is 0.340 e. The number of nitrogens with one attached hydrogen (secondary N) is 1. The van der Waals surface area contributed by atoms with Crippen molar-refractivity contribution in [1.82, 2.24) is 14.9 Å². The molecule has 0 aliphatic heterocycles. The van der Waals surface area contributed by atoms with E-state index in [1.165, 1.54) is 6.07 Å². The van der Waals surface area contributed by atoms with Crippen LogP contribution in [0.15, 0.2) is 35.2 Å². The highest BCUT2D eigenvalue weighted by molar-refractivity contribution is 9.10. The van der Waals surface area contributed by atoms with E-state index >= 15 is 0 Å². The van der Waals surface area contributed by atoms with Gasteiger partial charge in [0, 0.05) is 17.7 Å². The summed E-state index contributed by atoms with van der Waals surface area (Å²) >= 11 is 3.34. The molecule has 2 rings (SSSR count). The molecule has 108 valence electrons. The molecule has 5 heteroatoms. The van der Waals surface area contributed by atoms with Crippen LogP contribution in [0, 0.1) is 5.82 Å². The van der Waals surface area contributed by atoms with E-state index in [4.69, 9.17) is 0 Å². The lowest BCUT2D eigenvalue weighted by atomic mass is 10.0. The van der Waals surface area contributed by atoms with Gasteiger partial charge >= 0.3 is 0 Å². The average Bonchev–Trinajstić information content (AvgIpc) is 2.80. The van der Waals surface area contributed by atoms with E-state index in [0.29, 0.717) is 6.42 Å². The molecule has 0 amide bonds. The van der Waals surface area contributed by atoms with Gasteiger partial charge in [0.2, 0.25) is 0 Å². The second-order valence-electron chi connectivity index (χ2n) is 4.95. The molecule has 0 aliphatic carbocycles. The molecule has 0 fully saturated rings. The molecule has 1 aromatic heterocycles. The van der Waals surface area contributed by atoms with E-state index in [1.807, 2.05) is 23.9 Å². The van der Waals surface area contributed by atoms with Crippen LogP contribution in [-0.4, -0.2) is 16.1 Å². The van der Waals surface area contributed by atoms with E-state index in [1.54, 1.807) is 12.4 Å². The zero-order valence-corrected chi connectivity index (χ0v) is 13.3. The molecule has 1 heterocycles. The molecule has 0 saturated carbocycles. The van der Waals surface area contributed by atoms with Gasteiger partial charge in [-0.15, -0.1) is 0 Å². The topological polar surface area (TPSA) is 29.9 Å². The number of imidazole rings is 1. The Morgan fingerprint density at radius 1 is 1.40 bits per heavy atom. The Balaban J connectivity index is 2.18. The zero-order chi connectivity index (χ0) is 14.5. The van der Waals surface area contributed by atoms with Gasteiger partial charge in [0.1, 0.15) is 5.82 Å². The van der Waals surface area contributed by atoms with Crippen LogP contribution < -0.4 is 5.32 Å².